The van der Waals surface area contributed by atoms with Gasteiger partial charge in [-0.05, 0) is 43.2 Å². The van der Waals surface area contributed by atoms with E-state index in [0.29, 0.717) is 34.9 Å². The second kappa shape index (κ2) is 8.23. The molecule has 0 amide bonds. The van der Waals surface area contributed by atoms with Crippen LogP contribution < -0.4 is 5.56 Å². The van der Waals surface area contributed by atoms with Crippen LogP contribution in [-0.2, 0) is 23.5 Å². The number of hydrogen-bond donors (Lipinski definition) is 0. The van der Waals surface area contributed by atoms with Crippen molar-refractivity contribution in [1.82, 2.24) is 19.2 Å². The first-order valence-electron chi connectivity index (χ1n) is 10.9. The van der Waals surface area contributed by atoms with Gasteiger partial charge in [0, 0.05) is 22.1 Å². The molecular formula is C25H21ClN4O2S2. The number of benzene rings is 2. The normalized spacial score (nSPS) is 15.1. The molecule has 0 saturated carbocycles. The molecule has 0 atom stereocenters. The molecule has 6 nitrogen and oxygen atoms in total. The van der Waals surface area contributed by atoms with Crippen LogP contribution in [0.5, 0.6) is 0 Å². The van der Waals surface area contributed by atoms with E-state index in [-0.39, 0.29) is 11.2 Å². The summed E-state index contributed by atoms with van der Waals surface area (Å²) in [5.41, 5.74) is 2.49. The Labute approximate surface area is 209 Å². The molecule has 9 heteroatoms. The highest BCUT2D eigenvalue weighted by molar-refractivity contribution is 7.98. The van der Waals surface area contributed by atoms with Crippen LogP contribution in [0.15, 0.2) is 64.5 Å². The van der Waals surface area contributed by atoms with Gasteiger partial charge in [-0.2, -0.15) is 0 Å². The molecule has 172 valence electrons. The molecule has 2 aromatic carbocycles. The lowest BCUT2D eigenvalue weighted by molar-refractivity contribution is -0.0379. The van der Waals surface area contributed by atoms with Gasteiger partial charge in [0.05, 0.1) is 23.3 Å². The standard InChI is InChI=1S/C25H21ClN4O2S2/c1-25(2)12-18-19(13-32-25)34-22-20(18)21(31)29(17-10-6-9-16(26)11-17)23-27-28-24(30(22)23)33-14-15-7-4-3-5-8-15/h3-11H,12-14H2,1-2H3. The molecule has 3 aromatic heterocycles. The maximum atomic E-state index is 14.0. The molecule has 0 saturated heterocycles. The molecule has 0 N–H and O–H groups in total. The van der Waals surface area contributed by atoms with Gasteiger partial charge in [-0.25, -0.2) is 8.97 Å². The summed E-state index contributed by atoms with van der Waals surface area (Å²) >= 11 is 9.50. The number of nitrogens with zero attached hydrogens (tertiary/aromatic N) is 4. The highest BCUT2D eigenvalue weighted by Gasteiger charge is 2.32. The Morgan fingerprint density at radius 2 is 1.97 bits per heavy atom. The van der Waals surface area contributed by atoms with Gasteiger partial charge in [0.1, 0.15) is 4.83 Å². The van der Waals surface area contributed by atoms with Crippen molar-refractivity contribution in [3.05, 3.63) is 86.0 Å². The highest BCUT2D eigenvalue weighted by atomic mass is 35.5. The van der Waals surface area contributed by atoms with Crippen LogP contribution in [0.4, 0.5) is 0 Å². The Morgan fingerprint density at radius 1 is 1.15 bits per heavy atom. The third kappa shape index (κ3) is 3.65. The van der Waals surface area contributed by atoms with Gasteiger partial charge in [-0.1, -0.05) is 59.8 Å². The van der Waals surface area contributed by atoms with E-state index in [0.717, 1.165) is 26.2 Å². The average molecular weight is 509 g/mol. The smallest absolute Gasteiger partial charge is 0.268 e. The van der Waals surface area contributed by atoms with E-state index in [2.05, 4.69) is 36.2 Å². The largest absolute Gasteiger partial charge is 0.370 e. The summed E-state index contributed by atoms with van der Waals surface area (Å²) in [6, 6.07) is 17.5. The van der Waals surface area contributed by atoms with Gasteiger partial charge in [0.25, 0.3) is 5.56 Å². The molecule has 0 spiro atoms. The van der Waals surface area contributed by atoms with Crippen LogP contribution in [0.2, 0.25) is 5.02 Å². The minimum Gasteiger partial charge on any atom is -0.370 e. The third-order valence-electron chi connectivity index (χ3n) is 5.98. The number of halogens is 1. The van der Waals surface area contributed by atoms with Crippen LogP contribution in [0.1, 0.15) is 29.9 Å². The van der Waals surface area contributed by atoms with Gasteiger partial charge >= 0.3 is 0 Å². The van der Waals surface area contributed by atoms with E-state index >= 15 is 0 Å². The summed E-state index contributed by atoms with van der Waals surface area (Å²) in [7, 11) is 0. The number of rotatable bonds is 4. The van der Waals surface area contributed by atoms with Gasteiger partial charge in [0.15, 0.2) is 5.16 Å². The monoisotopic (exact) mass is 508 g/mol. The van der Waals surface area contributed by atoms with E-state index in [4.69, 9.17) is 16.3 Å². The third-order valence-corrected chi connectivity index (χ3v) is 8.41. The first-order chi connectivity index (χ1) is 16.4. The Bertz CT molecular complexity index is 1600. The summed E-state index contributed by atoms with van der Waals surface area (Å²) in [5, 5.41) is 11.0. The molecule has 0 fully saturated rings. The van der Waals surface area contributed by atoms with Gasteiger partial charge in [-0.15, -0.1) is 21.5 Å². The van der Waals surface area contributed by atoms with Crippen LogP contribution >= 0.6 is 34.7 Å². The summed E-state index contributed by atoms with van der Waals surface area (Å²) in [6.07, 6.45) is 0.674. The molecule has 1 aliphatic heterocycles. The second-order valence-corrected chi connectivity index (χ2v) is 11.4. The fourth-order valence-electron chi connectivity index (χ4n) is 4.37. The average Bonchev–Trinajstić information content (AvgIpc) is 3.39. The van der Waals surface area contributed by atoms with Crippen LogP contribution in [0.3, 0.4) is 0 Å². The topological polar surface area (TPSA) is 61.4 Å². The minimum absolute atomic E-state index is 0.105. The maximum Gasteiger partial charge on any atom is 0.268 e. The predicted molar refractivity (Wildman–Crippen MR) is 138 cm³/mol. The number of fused-ring (bicyclic) bond motifs is 5. The van der Waals surface area contributed by atoms with Crippen molar-refractivity contribution < 1.29 is 4.74 Å². The summed E-state index contributed by atoms with van der Waals surface area (Å²) in [6.45, 7) is 4.62. The van der Waals surface area contributed by atoms with Crippen LogP contribution in [0, 0.1) is 0 Å². The Kier molecular flexibility index (Phi) is 5.29. The van der Waals surface area contributed by atoms with Gasteiger partial charge in [0.2, 0.25) is 5.78 Å². The molecule has 1 aliphatic rings. The SMILES string of the molecule is CC1(C)Cc2c(sc3c2c(=O)n(-c2cccc(Cl)c2)c2nnc(SCc4ccccc4)n32)CO1. The summed E-state index contributed by atoms with van der Waals surface area (Å²) < 4.78 is 9.70. The molecule has 0 radical (unpaired) electrons. The van der Waals surface area contributed by atoms with E-state index in [1.165, 1.54) is 5.56 Å². The lowest BCUT2D eigenvalue weighted by atomic mass is 9.94. The highest BCUT2D eigenvalue weighted by Crippen LogP contribution is 2.39. The molecule has 0 unspecified atom stereocenters. The second-order valence-electron chi connectivity index (χ2n) is 8.92. The summed E-state index contributed by atoms with van der Waals surface area (Å²) in [5.74, 6) is 1.23. The molecule has 4 heterocycles. The molecule has 6 rings (SSSR count). The first kappa shape index (κ1) is 21.9. The van der Waals surface area contributed by atoms with Crippen LogP contribution in [0.25, 0.3) is 21.7 Å². The number of ether oxygens (including phenoxy) is 1. The van der Waals surface area contributed by atoms with Gasteiger partial charge < -0.3 is 4.74 Å². The summed E-state index contributed by atoms with van der Waals surface area (Å²) in [4.78, 5) is 15.9. The van der Waals surface area contributed by atoms with E-state index in [1.807, 2.05) is 34.7 Å². The van der Waals surface area contributed by atoms with Crippen molar-refractivity contribution in [2.75, 3.05) is 0 Å². The molecule has 34 heavy (non-hydrogen) atoms. The molecule has 0 bridgehead atoms. The lowest BCUT2D eigenvalue weighted by Gasteiger charge is -2.29. The van der Waals surface area contributed by atoms with Crippen molar-refractivity contribution in [3.63, 3.8) is 0 Å². The Hall–Kier alpha value is -2.65. The zero-order valence-corrected chi connectivity index (χ0v) is 21.0. The van der Waals surface area contributed by atoms with Crippen molar-refractivity contribution in [2.24, 2.45) is 0 Å². The number of hydrogen-bond acceptors (Lipinski definition) is 6. The van der Waals surface area contributed by atoms with E-state index < -0.39 is 0 Å². The number of thioether (sulfide) groups is 1. The quantitative estimate of drug-likeness (QED) is 0.283. The lowest BCUT2D eigenvalue weighted by Crippen LogP contribution is -2.32. The van der Waals surface area contributed by atoms with Crippen molar-refractivity contribution in [3.8, 4) is 5.69 Å². The van der Waals surface area contributed by atoms with Crippen molar-refractivity contribution in [1.29, 1.82) is 0 Å². The zero-order chi connectivity index (χ0) is 23.4. The molecular weight excluding hydrogens is 488 g/mol. The van der Waals surface area contributed by atoms with Crippen molar-refractivity contribution in [2.45, 2.75) is 43.4 Å². The first-order valence-corrected chi connectivity index (χ1v) is 13.1. The van der Waals surface area contributed by atoms with E-state index in [9.17, 15) is 4.79 Å². The minimum atomic E-state index is -0.332. The Morgan fingerprint density at radius 3 is 2.76 bits per heavy atom. The molecule has 0 aliphatic carbocycles. The fourth-order valence-corrected chi connectivity index (χ4v) is 6.72. The Balaban J connectivity index is 1.63. The van der Waals surface area contributed by atoms with Crippen LogP contribution in [-0.4, -0.2) is 24.8 Å². The fraction of sp³-hybridized carbons (Fsp3) is 0.240. The number of aromatic nitrogens is 4. The predicted octanol–water partition coefficient (Wildman–Crippen LogP) is 5.89. The molecule has 5 aromatic rings. The maximum absolute atomic E-state index is 14.0. The number of thiophene rings is 1. The zero-order valence-electron chi connectivity index (χ0n) is 18.6. The van der Waals surface area contributed by atoms with E-state index in [1.54, 1.807) is 39.8 Å². The van der Waals surface area contributed by atoms with Gasteiger partial charge in [-0.3, -0.25) is 4.79 Å². The van der Waals surface area contributed by atoms with Crippen molar-refractivity contribution >= 4 is 50.7 Å².